The molecule has 2 aromatic rings. The first-order chi connectivity index (χ1) is 12.9. The third-order valence-electron chi connectivity index (χ3n) is 4.96. The molecule has 6 heteroatoms. The van der Waals surface area contributed by atoms with Crippen molar-refractivity contribution in [2.75, 3.05) is 26.2 Å². The second-order valence-corrected chi connectivity index (χ2v) is 6.95. The highest BCUT2D eigenvalue weighted by molar-refractivity contribution is 5.97. The number of aryl methyl sites for hydroxylation is 1. The Morgan fingerprint density at radius 1 is 1.33 bits per heavy atom. The van der Waals surface area contributed by atoms with Crippen LogP contribution in [0.1, 0.15) is 34.3 Å². The lowest BCUT2D eigenvalue weighted by atomic mass is 9.89. The summed E-state index contributed by atoms with van der Waals surface area (Å²) in [5, 5.41) is 11.1. The molecule has 1 fully saturated rings. The number of nitrogens with two attached hydrogens (primary N) is 1. The largest absolute Gasteiger partial charge is 0.493 e. The van der Waals surface area contributed by atoms with Crippen molar-refractivity contribution in [1.82, 2.24) is 4.90 Å². The van der Waals surface area contributed by atoms with E-state index in [1.807, 2.05) is 31.2 Å². The van der Waals surface area contributed by atoms with Gasteiger partial charge in [-0.05, 0) is 55.6 Å². The lowest BCUT2D eigenvalue weighted by Gasteiger charge is -2.26. The Morgan fingerprint density at radius 3 is 2.85 bits per heavy atom. The van der Waals surface area contributed by atoms with Crippen molar-refractivity contribution in [2.24, 2.45) is 5.73 Å². The number of hydrogen-bond acceptors (Lipinski definition) is 4. The SMILES string of the molecule is Cc1ccccc1[C@]1(O)CCN(C(=O)c2cc(F)ccc2OCCCN)C1. The summed E-state index contributed by atoms with van der Waals surface area (Å²) in [6, 6.07) is 11.5. The number of carbonyl (C=O) groups excluding carboxylic acids is 1. The van der Waals surface area contributed by atoms with E-state index < -0.39 is 11.4 Å². The van der Waals surface area contributed by atoms with Crippen LogP contribution in [0, 0.1) is 12.7 Å². The molecule has 1 aliphatic heterocycles. The Balaban J connectivity index is 1.81. The molecule has 3 rings (SSSR count). The molecule has 144 valence electrons. The molecule has 27 heavy (non-hydrogen) atoms. The predicted molar refractivity (Wildman–Crippen MR) is 101 cm³/mol. The van der Waals surface area contributed by atoms with E-state index >= 15 is 0 Å². The molecule has 0 saturated carbocycles. The quantitative estimate of drug-likeness (QED) is 0.765. The summed E-state index contributed by atoms with van der Waals surface area (Å²) in [7, 11) is 0. The Labute approximate surface area is 158 Å². The average molecular weight is 372 g/mol. The van der Waals surface area contributed by atoms with Gasteiger partial charge in [0, 0.05) is 6.54 Å². The molecular formula is C21H25FN2O3. The fourth-order valence-electron chi connectivity index (χ4n) is 3.51. The number of β-amino-alcohol motifs (C(OH)–C–C–N with tert-alkyl or cyclic N) is 1. The van der Waals surface area contributed by atoms with Crippen LogP contribution in [0.15, 0.2) is 42.5 Å². The number of nitrogens with zero attached hydrogens (tertiary/aromatic N) is 1. The minimum absolute atomic E-state index is 0.162. The molecule has 0 aliphatic carbocycles. The van der Waals surface area contributed by atoms with E-state index in [1.165, 1.54) is 18.2 Å². The Bertz CT molecular complexity index is 827. The summed E-state index contributed by atoms with van der Waals surface area (Å²) < 4.78 is 19.4. The van der Waals surface area contributed by atoms with Gasteiger partial charge in [0.2, 0.25) is 0 Å². The summed E-state index contributed by atoms with van der Waals surface area (Å²) in [4.78, 5) is 14.6. The van der Waals surface area contributed by atoms with Crippen LogP contribution in [0.5, 0.6) is 5.75 Å². The average Bonchev–Trinajstić information content (AvgIpc) is 3.06. The highest BCUT2D eigenvalue weighted by atomic mass is 19.1. The number of aliphatic hydroxyl groups is 1. The molecule has 0 spiro atoms. The Hall–Kier alpha value is -2.44. The van der Waals surface area contributed by atoms with Gasteiger partial charge in [-0.25, -0.2) is 4.39 Å². The van der Waals surface area contributed by atoms with Crippen molar-refractivity contribution in [3.8, 4) is 5.75 Å². The Kier molecular flexibility index (Phi) is 5.77. The van der Waals surface area contributed by atoms with Gasteiger partial charge in [0.1, 0.15) is 17.2 Å². The molecular weight excluding hydrogens is 347 g/mol. The smallest absolute Gasteiger partial charge is 0.257 e. The van der Waals surface area contributed by atoms with Gasteiger partial charge in [-0.2, -0.15) is 0 Å². The number of ether oxygens (including phenoxy) is 1. The second-order valence-electron chi connectivity index (χ2n) is 6.95. The number of amides is 1. The van der Waals surface area contributed by atoms with Crippen LogP contribution in [0.4, 0.5) is 4.39 Å². The van der Waals surface area contributed by atoms with Gasteiger partial charge in [-0.3, -0.25) is 4.79 Å². The maximum Gasteiger partial charge on any atom is 0.257 e. The molecule has 1 amide bonds. The van der Waals surface area contributed by atoms with Gasteiger partial charge in [0.05, 0.1) is 18.7 Å². The van der Waals surface area contributed by atoms with Crippen LogP contribution < -0.4 is 10.5 Å². The van der Waals surface area contributed by atoms with E-state index in [9.17, 15) is 14.3 Å². The summed E-state index contributed by atoms with van der Waals surface area (Å²) in [6.45, 7) is 3.32. The molecule has 1 heterocycles. The van der Waals surface area contributed by atoms with Crippen molar-refractivity contribution in [2.45, 2.75) is 25.4 Å². The maximum absolute atomic E-state index is 13.8. The summed E-state index contributed by atoms with van der Waals surface area (Å²) in [6.07, 6.45) is 1.07. The molecule has 1 atom stereocenters. The number of likely N-dealkylation sites (tertiary alicyclic amines) is 1. The lowest BCUT2D eigenvalue weighted by Crippen LogP contribution is -2.35. The topological polar surface area (TPSA) is 75.8 Å². The van der Waals surface area contributed by atoms with Crippen LogP contribution in [-0.4, -0.2) is 42.2 Å². The van der Waals surface area contributed by atoms with Gasteiger partial charge in [0.25, 0.3) is 5.91 Å². The van der Waals surface area contributed by atoms with E-state index in [0.29, 0.717) is 38.3 Å². The molecule has 0 unspecified atom stereocenters. The minimum atomic E-state index is -1.10. The molecule has 2 aromatic carbocycles. The minimum Gasteiger partial charge on any atom is -0.493 e. The molecule has 5 nitrogen and oxygen atoms in total. The van der Waals surface area contributed by atoms with Gasteiger partial charge in [0.15, 0.2) is 0 Å². The van der Waals surface area contributed by atoms with Gasteiger partial charge < -0.3 is 20.5 Å². The van der Waals surface area contributed by atoms with E-state index in [1.54, 1.807) is 4.90 Å². The van der Waals surface area contributed by atoms with E-state index in [4.69, 9.17) is 10.5 Å². The summed E-state index contributed by atoms with van der Waals surface area (Å²) >= 11 is 0. The number of benzene rings is 2. The Morgan fingerprint density at radius 2 is 2.11 bits per heavy atom. The van der Waals surface area contributed by atoms with Gasteiger partial charge in [-0.1, -0.05) is 24.3 Å². The highest BCUT2D eigenvalue weighted by Crippen LogP contribution is 2.35. The molecule has 3 N–H and O–H groups in total. The fourth-order valence-corrected chi connectivity index (χ4v) is 3.51. The summed E-state index contributed by atoms with van der Waals surface area (Å²) in [5.41, 5.74) is 6.33. The normalized spacial score (nSPS) is 19.3. The molecule has 0 radical (unpaired) electrons. The molecule has 1 saturated heterocycles. The van der Waals surface area contributed by atoms with Crippen LogP contribution >= 0.6 is 0 Å². The van der Waals surface area contributed by atoms with E-state index in [0.717, 1.165) is 11.1 Å². The first-order valence-corrected chi connectivity index (χ1v) is 9.15. The molecule has 0 bridgehead atoms. The zero-order valence-corrected chi connectivity index (χ0v) is 15.5. The third kappa shape index (κ3) is 4.12. The monoisotopic (exact) mass is 372 g/mol. The number of rotatable bonds is 6. The van der Waals surface area contributed by atoms with E-state index in [2.05, 4.69) is 0 Å². The van der Waals surface area contributed by atoms with Crippen molar-refractivity contribution >= 4 is 5.91 Å². The van der Waals surface area contributed by atoms with Gasteiger partial charge >= 0.3 is 0 Å². The van der Waals surface area contributed by atoms with Crippen molar-refractivity contribution in [1.29, 1.82) is 0 Å². The first-order valence-electron chi connectivity index (χ1n) is 9.15. The highest BCUT2D eigenvalue weighted by Gasteiger charge is 2.41. The third-order valence-corrected chi connectivity index (χ3v) is 4.96. The lowest BCUT2D eigenvalue weighted by molar-refractivity contribution is 0.0411. The van der Waals surface area contributed by atoms with E-state index in [-0.39, 0.29) is 18.0 Å². The summed E-state index contributed by atoms with van der Waals surface area (Å²) in [5.74, 6) is -0.513. The van der Waals surface area contributed by atoms with Crippen molar-refractivity contribution < 1.29 is 19.0 Å². The van der Waals surface area contributed by atoms with Crippen LogP contribution in [0.25, 0.3) is 0 Å². The number of hydrogen-bond donors (Lipinski definition) is 2. The van der Waals surface area contributed by atoms with Crippen molar-refractivity contribution in [3.05, 3.63) is 65.0 Å². The maximum atomic E-state index is 13.8. The molecule has 0 aromatic heterocycles. The zero-order valence-electron chi connectivity index (χ0n) is 15.5. The predicted octanol–water partition coefficient (Wildman–Crippen LogP) is 2.60. The standard InChI is InChI=1S/C21H25FN2O3/c1-15-5-2-3-6-18(15)21(26)9-11-24(14-21)20(25)17-13-16(22)7-8-19(17)27-12-4-10-23/h2-3,5-8,13,26H,4,9-12,14,23H2,1H3/t21-/m0/s1. The first kappa shape index (κ1) is 19.3. The molecule has 1 aliphatic rings. The van der Waals surface area contributed by atoms with Crippen LogP contribution in [-0.2, 0) is 5.60 Å². The fraction of sp³-hybridized carbons (Fsp3) is 0.381. The van der Waals surface area contributed by atoms with Gasteiger partial charge in [-0.15, -0.1) is 0 Å². The van der Waals surface area contributed by atoms with Crippen LogP contribution in [0.3, 0.4) is 0 Å². The number of carbonyl (C=O) groups is 1. The van der Waals surface area contributed by atoms with Crippen molar-refractivity contribution in [3.63, 3.8) is 0 Å². The zero-order chi connectivity index (χ0) is 19.4. The number of halogens is 1. The van der Waals surface area contributed by atoms with Crippen LogP contribution in [0.2, 0.25) is 0 Å². The second kappa shape index (κ2) is 8.06.